The molecule has 2 aliphatic rings. The zero-order valence-electron chi connectivity index (χ0n) is 44.0. The highest BCUT2D eigenvalue weighted by Crippen LogP contribution is 2.29. The summed E-state index contributed by atoms with van der Waals surface area (Å²) in [7, 11) is 3.31. The summed E-state index contributed by atoms with van der Waals surface area (Å²) >= 11 is 0. The highest BCUT2D eigenvalue weighted by Gasteiger charge is 2.44. The molecular weight excluding hydrogens is 931 g/mol. The Kier molecular flexibility index (Phi) is 19.7. The van der Waals surface area contributed by atoms with Gasteiger partial charge in [-0.1, -0.05) is 102 Å². The molecule has 0 saturated carbocycles. The third kappa shape index (κ3) is 15.1. The highest BCUT2D eigenvalue weighted by atomic mass is 16.2. The van der Waals surface area contributed by atoms with Crippen LogP contribution in [0.15, 0.2) is 78.9 Å². The summed E-state index contributed by atoms with van der Waals surface area (Å²) in [5.41, 5.74) is 6.68. The molecule has 19 nitrogen and oxygen atoms in total. The van der Waals surface area contributed by atoms with Crippen LogP contribution < -0.4 is 48.3 Å². The van der Waals surface area contributed by atoms with Gasteiger partial charge in [-0.2, -0.15) is 0 Å². The first-order chi connectivity index (χ1) is 34.4. The number of amides is 8. The summed E-state index contributed by atoms with van der Waals surface area (Å²) in [6.45, 7) is 15.1. The first kappa shape index (κ1) is 57.0. The monoisotopic (exact) mass is 1010 g/mol. The van der Waals surface area contributed by atoms with E-state index in [0.29, 0.717) is 49.9 Å². The molecule has 396 valence electrons. The number of nitrogens with zero attached hydrogens (tertiary/aromatic N) is 2. The van der Waals surface area contributed by atoms with Gasteiger partial charge in [-0.05, 0) is 93.8 Å². The van der Waals surface area contributed by atoms with Gasteiger partial charge in [0, 0.05) is 43.0 Å². The molecular formula is C54H77N11O8. The van der Waals surface area contributed by atoms with Gasteiger partial charge in [0.1, 0.15) is 24.2 Å². The molecule has 2 fully saturated rings. The van der Waals surface area contributed by atoms with Crippen molar-refractivity contribution in [3.05, 3.63) is 101 Å². The average molecular weight is 1010 g/mol. The number of hydrogen-bond donors (Lipinski definition) is 9. The molecule has 3 aromatic rings. The summed E-state index contributed by atoms with van der Waals surface area (Å²) in [6.07, 6.45) is 1.99. The lowest BCUT2D eigenvalue weighted by Gasteiger charge is -2.36. The summed E-state index contributed by atoms with van der Waals surface area (Å²) in [4.78, 5) is 113. The van der Waals surface area contributed by atoms with Gasteiger partial charge in [-0.25, -0.2) is 0 Å². The zero-order chi connectivity index (χ0) is 53.8. The van der Waals surface area contributed by atoms with Crippen molar-refractivity contribution in [2.45, 2.75) is 129 Å². The van der Waals surface area contributed by atoms with E-state index in [4.69, 9.17) is 5.73 Å². The van der Waals surface area contributed by atoms with E-state index < -0.39 is 82.8 Å². The minimum atomic E-state index is -0.890. The van der Waals surface area contributed by atoms with Crippen molar-refractivity contribution in [1.29, 1.82) is 0 Å². The number of likely N-dealkylation sites (tertiary alicyclic amines) is 2. The van der Waals surface area contributed by atoms with Gasteiger partial charge in [0.05, 0.1) is 24.2 Å². The third-order valence-corrected chi connectivity index (χ3v) is 13.6. The molecule has 5 rings (SSSR count). The Morgan fingerprint density at radius 2 is 0.918 bits per heavy atom. The Labute approximate surface area is 429 Å². The lowest BCUT2D eigenvalue weighted by atomic mass is 9.85. The van der Waals surface area contributed by atoms with Crippen LogP contribution in [0.1, 0.15) is 125 Å². The second kappa shape index (κ2) is 25.2. The van der Waals surface area contributed by atoms with Crippen LogP contribution in [0.3, 0.4) is 0 Å². The molecule has 0 bridgehead atoms. The summed E-state index contributed by atoms with van der Waals surface area (Å²) < 4.78 is 0. The van der Waals surface area contributed by atoms with Crippen molar-refractivity contribution in [3.63, 3.8) is 0 Å². The van der Waals surface area contributed by atoms with Gasteiger partial charge in [0.2, 0.25) is 35.4 Å². The molecule has 0 spiro atoms. The molecule has 2 saturated heterocycles. The lowest BCUT2D eigenvalue weighted by molar-refractivity contribution is -0.144. The van der Waals surface area contributed by atoms with E-state index in [9.17, 15) is 38.4 Å². The predicted molar refractivity (Wildman–Crippen MR) is 279 cm³/mol. The number of nitrogens with one attached hydrogen (secondary N) is 8. The molecule has 3 aromatic carbocycles. The van der Waals surface area contributed by atoms with Gasteiger partial charge in [-0.15, -0.1) is 0 Å². The van der Waals surface area contributed by atoms with Crippen LogP contribution in [0.2, 0.25) is 0 Å². The minimum absolute atomic E-state index is 0.0579. The van der Waals surface area contributed by atoms with Gasteiger partial charge < -0.3 is 58.1 Å². The summed E-state index contributed by atoms with van der Waals surface area (Å²) in [6, 6.07) is 16.5. The van der Waals surface area contributed by atoms with Crippen molar-refractivity contribution in [2.75, 3.05) is 46.0 Å². The van der Waals surface area contributed by atoms with E-state index in [0.717, 1.165) is 0 Å². The Morgan fingerprint density at radius 1 is 0.562 bits per heavy atom. The van der Waals surface area contributed by atoms with Crippen LogP contribution >= 0.6 is 0 Å². The third-order valence-electron chi connectivity index (χ3n) is 13.6. The maximum absolute atomic E-state index is 14.1. The number of benzene rings is 3. The van der Waals surface area contributed by atoms with Crippen LogP contribution in [0.5, 0.6) is 0 Å². The molecule has 10 N–H and O–H groups in total. The number of carbonyl (C=O) groups is 8. The van der Waals surface area contributed by atoms with Crippen molar-refractivity contribution >= 4 is 52.9 Å². The van der Waals surface area contributed by atoms with Crippen molar-refractivity contribution in [2.24, 2.45) is 10.8 Å². The first-order valence-corrected chi connectivity index (χ1v) is 25.2. The second-order valence-corrected chi connectivity index (χ2v) is 21.2. The standard InChI is InChI=1S/C54H77N11O8/c1-32(56-9)45(66)62-43(53(3,4)5)51(72)64-25-17-23-41(64)49(70)60-39(34-19-13-11-14-20-34)30-58-47(68)36-27-37(29-38(55)28-36)48(69)59-31-40(35-21-15-12-16-22-35)61-50(71)42-24-18-26-65(42)52(73)44(54(6,7)8)63-46(67)33(2)57-10/h11-16,19-22,27-29,32-33,39-44,56-57H,17-18,23-26,30-31,55H2,1-10H3,(H,58,68)(H,59,69)(H,60,70)(H,61,71)(H,62,66)(H,63,67)/t32-,33-,39+,40+,41-,42-,43+,44+/m0/s1. The maximum atomic E-state index is 14.1. The molecule has 8 atom stereocenters. The number of likely N-dealkylation sites (N-methyl/N-ethyl adjacent to an activating group) is 2. The fraction of sp³-hybridized carbons (Fsp3) is 0.519. The summed E-state index contributed by atoms with van der Waals surface area (Å²) in [5, 5.41) is 23.4. The van der Waals surface area contributed by atoms with Crippen LogP contribution in [-0.2, 0) is 28.8 Å². The van der Waals surface area contributed by atoms with Crippen molar-refractivity contribution in [3.8, 4) is 0 Å². The number of anilines is 1. The van der Waals surface area contributed by atoms with Gasteiger partial charge in [0.15, 0.2) is 0 Å². The number of nitrogen functional groups attached to an aromatic ring is 1. The first-order valence-electron chi connectivity index (χ1n) is 25.2. The Balaban J connectivity index is 1.27. The molecule has 2 aliphatic heterocycles. The number of carbonyl (C=O) groups excluding carboxylic acids is 8. The molecule has 19 heteroatoms. The van der Waals surface area contributed by atoms with E-state index >= 15 is 0 Å². The molecule has 0 radical (unpaired) electrons. The minimum Gasteiger partial charge on any atom is -0.399 e. The lowest BCUT2D eigenvalue weighted by Crippen LogP contribution is -2.59. The molecule has 8 amide bonds. The Morgan fingerprint density at radius 3 is 1.25 bits per heavy atom. The molecule has 73 heavy (non-hydrogen) atoms. The summed E-state index contributed by atoms with van der Waals surface area (Å²) in [5.74, 6) is -3.33. The molecule has 0 aromatic heterocycles. The zero-order valence-corrected chi connectivity index (χ0v) is 44.0. The largest absolute Gasteiger partial charge is 0.399 e. The smallest absolute Gasteiger partial charge is 0.251 e. The van der Waals surface area contributed by atoms with E-state index in [1.165, 1.54) is 28.0 Å². The van der Waals surface area contributed by atoms with Crippen LogP contribution in [0.4, 0.5) is 5.69 Å². The Hall–Kier alpha value is -6.86. The second-order valence-electron chi connectivity index (χ2n) is 21.2. The normalized spacial score (nSPS) is 18.3. The van der Waals surface area contributed by atoms with E-state index in [2.05, 4.69) is 42.5 Å². The molecule has 0 aliphatic carbocycles. The van der Waals surface area contributed by atoms with Crippen LogP contribution in [0.25, 0.3) is 0 Å². The van der Waals surface area contributed by atoms with Crippen molar-refractivity contribution < 1.29 is 38.4 Å². The van der Waals surface area contributed by atoms with Crippen LogP contribution in [-0.4, -0.2) is 134 Å². The van der Waals surface area contributed by atoms with Crippen LogP contribution in [0, 0.1) is 10.8 Å². The number of nitrogens with two attached hydrogens (primary N) is 1. The van der Waals surface area contributed by atoms with Gasteiger partial charge >= 0.3 is 0 Å². The average Bonchev–Trinajstić information content (AvgIpc) is 4.07. The van der Waals surface area contributed by atoms with E-state index in [1.54, 1.807) is 27.9 Å². The van der Waals surface area contributed by atoms with E-state index in [1.807, 2.05) is 102 Å². The predicted octanol–water partition coefficient (Wildman–Crippen LogP) is 2.70. The van der Waals surface area contributed by atoms with E-state index in [-0.39, 0.29) is 53.5 Å². The number of rotatable bonds is 20. The highest BCUT2D eigenvalue weighted by molar-refractivity contribution is 6.01. The topological polar surface area (TPSA) is 265 Å². The fourth-order valence-electron chi connectivity index (χ4n) is 8.95. The quantitative estimate of drug-likeness (QED) is 0.0744. The number of hydrogen-bond acceptors (Lipinski definition) is 11. The van der Waals surface area contributed by atoms with Gasteiger partial charge in [-0.3, -0.25) is 38.4 Å². The molecule has 0 unspecified atom stereocenters. The fourth-order valence-corrected chi connectivity index (χ4v) is 8.95. The van der Waals surface area contributed by atoms with Crippen molar-refractivity contribution in [1.82, 2.24) is 52.3 Å². The van der Waals surface area contributed by atoms with Gasteiger partial charge in [0.25, 0.3) is 11.8 Å². The maximum Gasteiger partial charge on any atom is 0.251 e. The SMILES string of the molecule is CN[C@@H](C)C(=O)N[C@H](C(=O)N1CCC[C@H]1C(=O)N[C@H](CNC(=O)c1cc(N)cc(C(=O)NC[C@@H](NC(=O)[C@@H]2CCCN2C(=O)[C@@H](NC(=O)[C@H](C)NC)C(C)(C)C)c2ccccc2)c1)c1ccccc1)C(C)(C)C. The Bertz CT molecular complexity index is 2280. The molecule has 2 heterocycles.